The molecule has 0 aromatic heterocycles. The number of ether oxygens (including phenoxy) is 1. The van der Waals surface area contributed by atoms with Gasteiger partial charge in [-0.25, -0.2) is 4.39 Å². The number of carbonyl (C=O) groups is 1. The van der Waals surface area contributed by atoms with Gasteiger partial charge in [-0.05, 0) is 38.5 Å². The Morgan fingerprint density at radius 3 is 2.68 bits per heavy atom. The summed E-state index contributed by atoms with van der Waals surface area (Å²) < 4.78 is 30.8. The molecule has 0 aliphatic carbocycles. The summed E-state index contributed by atoms with van der Waals surface area (Å²) in [4.78, 5) is 12.1. The van der Waals surface area contributed by atoms with Crippen LogP contribution in [0, 0.1) is 5.82 Å². The highest BCUT2D eigenvalue weighted by Crippen LogP contribution is 2.21. The summed E-state index contributed by atoms with van der Waals surface area (Å²) in [5.41, 5.74) is 0.502. The fourth-order valence-corrected chi connectivity index (χ4v) is 3.21. The third-order valence-corrected chi connectivity index (χ3v) is 5.01. The molecule has 6 heteroatoms. The summed E-state index contributed by atoms with van der Waals surface area (Å²) >= 11 is 0. The van der Waals surface area contributed by atoms with Crippen LogP contribution in [0.2, 0.25) is 0 Å². The Balaban J connectivity index is 2.72. The molecule has 3 atom stereocenters. The van der Waals surface area contributed by atoms with Gasteiger partial charge in [0, 0.05) is 22.4 Å². The van der Waals surface area contributed by atoms with Gasteiger partial charge in [0.2, 0.25) is 5.91 Å². The van der Waals surface area contributed by atoms with Gasteiger partial charge in [-0.1, -0.05) is 13.3 Å². The van der Waals surface area contributed by atoms with Gasteiger partial charge in [0.05, 0.1) is 12.9 Å². The van der Waals surface area contributed by atoms with Gasteiger partial charge in [0.25, 0.3) is 0 Å². The van der Waals surface area contributed by atoms with Crippen LogP contribution in [-0.2, 0) is 21.3 Å². The molecule has 124 valence electrons. The Kier molecular flexibility index (Phi) is 7.51. The molecule has 0 spiro atoms. The van der Waals surface area contributed by atoms with E-state index in [4.69, 9.17) is 4.74 Å². The number of benzene rings is 1. The first-order valence-electron chi connectivity index (χ1n) is 7.39. The van der Waals surface area contributed by atoms with Crippen LogP contribution in [0.5, 0.6) is 5.75 Å². The van der Waals surface area contributed by atoms with E-state index in [1.165, 1.54) is 25.3 Å². The van der Waals surface area contributed by atoms with Gasteiger partial charge in [0.15, 0.2) is 0 Å². The fourth-order valence-electron chi connectivity index (χ4n) is 2.12. The molecule has 0 radical (unpaired) electrons. The molecule has 1 N–H and O–H groups in total. The van der Waals surface area contributed by atoms with Crippen molar-refractivity contribution >= 4 is 16.7 Å². The molecule has 1 amide bonds. The quantitative estimate of drug-likeness (QED) is 0.798. The largest absolute Gasteiger partial charge is 0.496 e. The molecule has 0 fully saturated rings. The highest BCUT2D eigenvalue weighted by Gasteiger charge is 2.22. The summed E-state index contributed by atoms with van der Waals surface area (Å²) in [5.74, 6) is -0.102. The lowest BCUT2D eigenvalue weighted by Gasteiger charge is -2.17. The minimum atomic E-state index is -1.45. The molecule has 4 nitrogen and oxygen atoms in total. The van der Waals surface area contributed by atoms with Crippen LogP contribution in [0.4, 0.5) is 4.39 Å². The van der Waals surface area contributed by atoms with E-state index in [0.29, 0.717) is 11.3 Å². The fraction of sp³-hybridized carbons (Fsp3) is 0.562. The molecule has 22 heavy (non-hydrogen) atoms. The maximum Gasteiger partial charge on any atom is 0.235 e. The number of rotatable bonds is 8. The van der Waals surface area contributed by atoms with Gasteiger partial charge >= 0.3 is 0 Å². The normalized spacial score (nSPS) is 15.0. The molecular weight excluding hydrogens is 305 g/mol. The Hall–Kier alpha value is -1.43. The predicted molar refractivity (Wildman–Crippen MR) is 86.8 cm³/mol. The van der Waals surface area contributed by atoms with E-state index in [-0.39, 0.29) is 17.7 Å². The zero-order chi connectivity index (χ0) is 16.7. The van der Waals surface area contributed by atoms with Crippen LogP contribution in [0.15, 0.2) is 18.2 Å². The van der Waals surface area contributed by atoms with E-state index in [1.807, 2.05) is 13.8 Å². The standard InChI is InChI=1S/C16H24FNO3S/c1-5-6-11(2)18-16(19)12(3)22(20)10-13-9-14(17)7-8-15(13)21-4/h7-9,11-12H,5-6,10H2,1-4H3,(H,18,19). The van der Waals surface area contributed by atoms with Crippen molar-refractivity contribution in [3.05, 3.63) is 29.6 Å². The topological polar surface area (TPSA) is 55.4 Å². The first-order chi connectivity index (χ1) is 10.4. The van der Waals surface area contributed by atoms with E-state index in [2.05, 4.69) is 5.32 Å². The minimum absolute atomic E-state index is 0.0562. The summed E-state index contributed by atoms with van der Waals surface area (Å²) in [6, 6.07) is 4.13. The van der Waals surface area contributed by atoms with Crippen molar-refractivity contribution < 1.29 is 18.1 Å². The Morgan fingerprint density at radius 2 is 2.09 bits per heavy atom. The van der Waals surface area contributed by atoms with E-state index in [9.17, 15) is 13.4 Å². The number of amides is 1. The Bertz CT molecular complexity index is 536. The SMILES string of the molecule is CCCC(C)NC(=O)C(C)S(=O)Cc1cc(F)ccc1OC. The monoisotopic (exact) mass is 329 g/mol. The van der Waals surface area contributed by atoms with Gasteiger partial charge < -0.3 is 10.1 Å². The van der Waals surface area contributed by atoms with Crippen LogP contribution in [0.25, 0.3) is 0 Å². The lowest BCUT2D eigenvalue weighted by molar-refractivity contribution is -0.121. The van der Waals surface area contributed by atoms with Crippen LogP contribution >= 0.6 is 0 Å². The predicted octanol–water partition coefficient (Wildman–Crippen LogP) is 2.78. The number of halogens is 1. The third kappa shape index (κ3) is 5.40. The molecule has 1 rings (SSSR count). The maximum atomic E-state index is 13.3. The van der Waals surface area contributed by atoms with Crippen LogP contribution in [-0.4, -0.2) is 28.5 Å². The van der Waals surface area contributed by atoms with Crippen molar-refractivity contribution in [1.29, 1.82) is 0 Å². The molecule has 0 aliphatic rings. The molecule has 3 unspecified atom stereocenters. The third-order valence-electron chi connectivity index (χ3n) is 3.41. The van der Waals surface area contributed by atoms with Gasteiger partial charge in [-0.3, -0.25) is 9.00 Å². The molecule has 0 aliphatic heterocycles. The molecule has 0 saturated carbocycles. The second-order valence-electron chi connectivity index (χ2n) is 5.32. The number of hydrogen-bond acceptors (Lipinski definition) is 3. The maximum absolute atomic E-state index is 13.3. The number of hydrogen-bond donors (Lipinski definition) is 1. The van der Waals surface area contributed by atoms with Gasteiger partial charge in [-0.15, -0.1) is 0 Å². The zero-order valence-corrected chi connectivity index (χ0v) is 14.3. The molecule has 0 bridgehead atoms. The second-order valence-corrected chi connectivity index (χ2v) is 7.08. The zero-order valence-electron chi connectivity index (χ0n) is 13.5. The summed E-state index contributed by atoms with van der Waals surface area (Å²) in [6.45, 7) is 5.59. The highest BCUT2D eigenvalue weighted by molar-refractivity contribution is 7.85. The van der Waals surface area contributed by atoms with Crippen molar-refractivity contribution in [2.75, 3.05) is 7.11 Å². The van der Waals surface area contributed by atoms with Crippen LogP contribution < -0.4 is 10.1 Å². The average Bonchev–Trinajstić information content (AvgIpc) is 2.46. The molecule has 1 aromatic rings. The van der Waals surface area contributed by atoms with Crippen LogP contribution in [0.1, 0.15) is 39.2 Å². The lowest BCUT2D eigenvalue weighted by atomic mass is 10.2. The summed E-state index contributed by atoms with van der Waals surface area (Å²) in [5, 5.41) is 2.19. The average molecular weight is 329 g/mol. The van der Waals surface area contributed by atoms with E-state index in [0.717, 1.165) is 12.8 Å². The Labute approximate surface area is 133 Å². The van der Waals surface area contributed by atoms with E-state index >= 15 is 0 Å². The minimum Gasteiger partial charge on any atom is -0.496 e. The van der Waals surface area contributed by atoms with Crippen molar-refractivity contribution in [2.45, 2.75) is 50.7 Å². The highest BCUT2D eigenvalue weighted by atomic mass is 32.2. The van der Waals surface area contributed by atoms with Crippen molar-refractivity contribution in [1.82, 2.24) is 5.32 Å². The van der Waals surface area contributed by atoms with E-state index < -0.39 is 21.9 Å². The lowest BCUT2D eigenvalue weighted by Crippen LogP contribution is -2.40. The molecule has 1 aromatic carbocycles. The second kappa shape index (κ2) is 8.88. The summed E-state index contributed by atoms with van der Waals surface area (Å²) in [6.07, 6.45) is 1.85. The number of methoxy groups -OCH3 is 1. The Morgan fingerprint density at radius 1 is 1.41 bits per heavy atom. The molecule has 0 saturated heterocycles. The van der Waals surface area contributed by atoms with Crippen LogP contribution in [0.3, 0.4) is 0 Å². The first-order valence-corrected chi connectivity index (χ1v) is 8.77. The summed E-state index contributed by atoms with van der Waals surface area (Å²) in [7, 11) is 0.0294. The van der Waals surface area contributed by atoms with E-state index in [1.54, 1.807) is 6.92 Å². The smallest absolute Gasteiger partial charge is 0.235 e. The first kappa shape index (κ1) is 18.6. The number of carbonyl (C=O) groups excluding carboxylic acids is 1. The molecule has 0 heterocycles. The molecular formula is C16H24FNO3S. The van der Waals surface area contributed by atoms with Gasteiger partial charge in [0.1, 0.15) is 16.8 Å². The van der Waals surface area contributed by atoms with Crippen molar-refractivity contribution in [2.24, 2.45) is 0 Å². The van der Waals surface area contributed by atoms with Crippen molar-refractivity contribution in [3.8, 4) is 5.75 Å². The van der Waals surface area contributed by atoms with Crippen molar-refractivity contribution in [3.63, 3.8) is 0 Å². The van der Waals surface area contributed by atoms with Gasteiger partial charge in [-0.2, -0.15) is 0 Å². The number of nitrogens with one attached hydrogen (secondary N) is 1.